The van der Waals surface area contributed by atoms with E-state index >= 15 is 0 Å². The molecule has 0 aliphatic carbocycles. The number of nitrogens with zero attached hydrogens (tertiary/aromatic N) is 2. The predicted molar refractivity (Wildman–Crippen MR) is 70.6 cm³/mol. The molecule has 108 valence electrons. The fourth-order valence-electron chi connectivity index (χ4n) is 3.24. The number of fused-ring (bicyclic) bond motifs is 1. The van der Waals surface area contributed by atoms with Crippen LogP contribution >= 0.6 is 0 Å². The minimum absolute atomic E-state index is 0.0358. The molecule has 0 spiro atoms. The van der Waals surface area contributed by atoms with Crippen molar-refractivity contribution in [3.8, 4) is 0 Å². The summed E-state index contributed by atoms with van der Waals surface area (Å²) in [4.78, 5) is 31.9. The van der Waals surface area contributed by atoms with Crippen LogP contribution in [0.1, 0.15) is 46.7 Å². The summed E-state index contributed by atoms with van der Waals surface area (Å²) in [6.45, 7) is 2.16. The van der Waals surface area contributed by atoms with Gasteiger partial charge in [0.15, 0.2) is 11.4 Å². The Morgan fingerprint density at radius 3 is 3.05 bits per heavy atom. The quantitative estimate of drug-likeness (QED) is 0.746. The lowest BCUT2D eigenvalue weighted by Gasteiger charge is -2.35. The summed E-state index contributed by atoms with van der Waals surface area (Å²) in [6, 6.07) is 0.673. The number of imidazole rings is 1. The highest BCUT2D eigenvalue weighted by molar-refractivity contribution is 6.02. The molecule has 2 unspecified atom stereocenters. The Bertz CT molecular complexity index is 527. The topological polar surface area (TPSA) is 98.3 Å². The van der Waals surface area contributed by atoms with E-state index in [1.807, 2.05) is 0 Å². The number of hydrogen-bond donors (Lipinski definition) is 3. The summed E-state index contributed by atoms with van der Waals surface area (Å²) in [5, 5.41) is 11.9. The number of aromatic carboxylic acids is 1. The molecule has 2 atom stereocenters. The van der Waals surface area contributed by atoms with E-state index in [-0.39, 0.29) is 17.4 Å². The van der Waals surface area contributed by atoms with Crippen LogP contribution in [0, 0.1) is 0 Å². The van der Waals surface area contributed by atoms with Gasteiger partial charge in [-0.05, 0) is 32.2 Å². The van der Waals surface area contributed by atoms with Gasteiger partial charge in [-0.25, -0.2) is 9.78 Å². The smallest absolute Gasteiger partial charge is 0.354 e. The van der Waals surface area contributed by atoms with Crippen molar-refractivity contribution in [2.24, 2.45) is 0 Å². The van der Waals surface area contributed by atoms with Crippen LogP contribution in [0.2, 0.25) is 0 Å². The van der Waals surface area contributed by atoms with Crippen LogP contribution < -0.4 is 5.32 Å². The highest BCUT2D eigenvalue weighted by Crippen LogP contribution is 2.26. The Hall–Kier alpha value is -1.89. The van der Waals surface area contributed by atoms with Gasteiger partial charge in [-0.3, -0.25) is 4.79 Å². The second kappa shape index (κ2) is 5.24. The van der Waals surface area contributed by atoms with Gasteiger partial charge in [0.05, 0.1) is 6.33 Å². The van der Waals surface area contributed by atoms with Crippen LogP contribution in [-0.4, -0.2) is 57.0 Å². The minimum atomic E-state index is -1.17. The number of rotatable bonds is 3. The van der Waals surface area contributed by atoms with Gasteiger partial charge in [-0.1, -0.05) is 0 Å². The van der Waals surface area contributed by atoms with Gasteiger partial charge in [0.25, 0.3) is 5.91 Å². The van der Waals surface area contributed by atoms with Crippen LogP contribution in [-0.2, 0) is 0 Å². The first-order valence-corrected chi connectivity index (χ1v) is 6.96. The number of aromatic nitrogens is 2. The van der Waals surface area contributed by atoms with E-state index < -0.39 is 11.9 Å². The molecular weight excluding hydrogens is 260 g/mol. The lowest BCUT2D eigenvalue weighted by Crippen LogP contribution is -2.47. The zero-order chi connectivity index (χ0) is 14.1. The molecule has 7 nitrogen and oxygen atoms in total. The lowest BCUT2D eigenvalue weighted by atomic mass is 9.97. The van der Waals surface area contributed by atoms with E-state index in [0.29, 0.717) is 6.04 Å². The van der Waals surface area contributed by atoms with Crippen molar-refractivity contribution in [2.45, 2.75) is 37.8 Å². The molecule has 3 N–H and O–H groups in total. The molecule has 0 bridgehead atoms. The third kappa shape index (κ3) is 2.40. The maximum Gasteiger partial charge on any atom is 0.354 e. The van der Waals surface area contributed by atoms with Crippen molar-refractivity contribution in [2.75, 3.05) is 13.1 Å². The number of piperidine rings is 1. The number of carbonyl (C=O) groups excluding carboxylic acids is 1. The zero-order valence-corrected chi connectivity index (χ0v) is 11.1. The monoisotopic (exact) mass is 278 g/mol. The van der Waals surface area contributed by atoms with Gasteiger partial charge in [-0.15, -0.1) is 0 Å². The van der Waals surface area contributed by atoms with Gasteiger partial charge in [0.2, 0.25) is 0 Å². The number of H-pyrrole nitrogens is 1. The van der Waals surface area contributed by atoms with Gasteiger partial charge < -0.3 is 20.3 Å². The van der Waals surface area contributed by atoms with Crippen molar-refractivity contribution in [3.05, 3.63) is 17.7 Å². The molecule has 1 aromatic heterocycles. The van der Waals surface area contributed by atoms with Crippen molar-refractivity contribution < 1.29 is 14.7 Å². The molecule has 1 amide bonds. The molecule has 7 heteroatoms. The van der Waals surface area contributed by atoms with Crippen molar-refractivity contribution in [1.29, 1.82) is 0 Å². The standard InChI is InChI=1S/C13H18N4O3/c18-12(10-11(13(19)20)15-7-14-10)16-8-3-5-17-4-1-2-9(17)6-8/h7-9H,1-6H2,(H,14,15)(H,16,18)(H,19,20). The fraction of sp³-hybridized carbons (Fsp3) is 0.615. The number of hydrogen-bond acceptors (Lipinski definition) is 4. The maximum absolute atomic E-state index is 12.1. The summed E-state index contributed by atoms with van der Waals surface area (Å²) in [5.74, 6) is -1.57. The Morgan fingerprint density at radius 2 is 2.25 bits per heavy atom. The second-order valence-electron chi connectivity index (χ2n) is 5.46. The first-order valence-electron chi connectivity index (χ1n) is 6.96. The number of carbonyl (C=O) groups is 2. The Morgan fingerprint density at radius 1 is 1.40 bits per heavy atom. The summed E-state index contributed by atoms with van der Waals surface area (Å²) in [7, 11) is 0. The molecule has 2 saturated heterocycles. The van der Waals surface area contributed by atoms with Crippen LogP contribution in [0.15, 0.2) is 6.33 Å². The van der Waals surface area contributed by atoms with Crippen molar-refractivity contribution in [3.63, 3.8) is 0 Å². The van der Waals surface area contributed by atoms with Crippen LogP contribution in [0.3, 0.4) is 0 Å². The third-order valence-electron chi connectivity index (χ3n) is 4.22. The fourth-order valence-corrected chi connectivity index (χ4v) is 3.24. The van der Waals surface area contributed by atoms with E-state index in [2.05, 4.69) is 20.2 Å². The molecular formula is C13H18N4O3. The average Bonchev–Trinajstić information content (AvgIpc) is 3.06. The van der Waals surface area contributed by atoms with Crippen LogP contribution in [0.25, 0.3) is 0 Å². The first-order chi connectivity index (χ1) is 9.65. The van der Waals surface area contributed by atoms with E-state index in [0.717, 1.165) is 25.9 Å². The normalized spacial score (nSPS) is 26.2. The molecule has 2 fully saturated rings. The number of aromatic amines is 1. The molecule has 1 aromatic rings. The molecule has 0 saturated carbocycles. The van der Waals surface area contributed by atoms with Gasteiger partial charge in [0.1, 0.15) is 0 Å². The largest absolute Gasteiger partial charge is 0.477 e. The predicted octanol–water partition coefficient (Wildman–Crippen LogP) is 0.464. The Kier molecular flexibility index (Phi) is 3.43. The summed E-state index contributed by atoms with van der Waals surface area (Å²) >= 11 is 0. The SMILES string of the molecule is O=C(NC1CCN2CCCC2C1)c1nc[nH]c1C(=O)O. The third-order valence-corrected chi connectivity index (χ3v) is 4.22. The number of carboxylic acid groups (broad SMARTS) is 1. The number of amides is 1. The molecule has 3 heterocycles. The zero-order valence-electron chi connectivity index (χ0n) is 11.1. The molecule has 3 rings (SSSR count). The van der Waals surface area contributed by atoms with E-state index in [1.54, 1.807) is 0 Å². The Balaban J connectivity index is 1.64. The lowest BCUT2D eigenvalue weighted by molar-refractivity contribution is 0.0683. The van der Waals surface area contributed by atoms with E-state index in [4.69, 9.17) is 5.11 Å². The average molecular weight is 278 g/mol. The summed E-state index contributed by atoms with van der Waals surface area (Å²) < 4.78 is 0. The Labute approximate surface area is 116 Å². The van der Waals surface area contributed by atoms with Crippen molar-refractivity contribution >= 4 is 11.9 Å². The van der Waals surface area contributed by atoms with Gasteiger partial charge >= 0.3 is 5.97 Å². The molecule has 0 aromatic carbocycles. The molecule has 0 radical (unpaired) electrons. The maximum atomic E-state index is 12.1. The van der Waals surface area contributed by atoms with Gasteiger partial charge in [-0.2, -0.15) is 0 Å². The van der Waals surface area contributed by atoms with E-state index in [9.17, 15) is 9.59 Å². The molecule has 20 heavy (non-hydrogen) atoms. The minimum Gasteiger partial charge on any atom is -0.477 e. The van der Waals surface area contributed by atoms with Crippen LogP contribution in [0.4, 0.5) is 0 Å². The summed E-state index contributed by atoms with van der Waals surface area (Å²) in [5.41, 5.74) is -0.188. The molecule has 2 aliphatic rings. The summed E-state index contributed by atoms with van der Waals surface area (Å²) in [6.07, 6.45) is 5.51. The highest BCUT2D eigenvalue weighted by atomic mass is 16.4. The first kappa shape index (κ1) is 13.1. The highest BCUT2D eigenvalue weighted by Gasteiger charge is 2.33. The number of carboxylic acids is 1. The van der Waals surface area contributed by atoms with Gasteiger partial charge in [0, 0.05) is 18.6 Å². The number of nitrogens with one attached hydrogen (secondary N) is 2. The van der Waals surface area contributed by atoms with Crippen LogP contribution in [0.5, 0.6) is 0 Å². The molecule has 2 aliphatic heterocycles. The van der Waals surface area contributed by atoms with E-state index in [1.165, 1.54) is 19.2 Å². The van der Waals surface area contributed by atoms with Crippen molar-refractivity contribution in [1.82, 2.24) is 20.2 Å². The second-order valence-corrected chi connectivity index (χ2v) is 5.46.